The number of rotatable bonds is 14. The fraction of sp³-hybridized carbons (Fsp3) is 0.385. The number of nitrogens with zero attached hydrogens (tertiary/aromatic N) is 4. The van der Waals surface area contributed by atoms with Gasteiger partial charge in [-0.1, -0.05) is 52.6 Å². The Bertz CT molecular complexity index is 1620. The molecule has 0 saturated heterocycles. The fourth-order valence-electron chi connectivity index (χ4n) is 4.64. The van der Waals surface area contributed by atoms with Gasteiger partial charge in [-0.25, -0.2) is 9.78 Å². The average Bonchev–Trinajstić information content (AvgIpc) is 3.43. The van der Waals surface area contributed by atoms with Crippen LogP contribution in [0.2, 0.25) is 5.15 Å². The third-order valence-electron chi connectivity index (χ3n) is 7.04. The zero-order valence-corrected chi connectivity index (χ0v) is 36.4. The molecule has 13 heteroatoms. The van der Waals surface area contributed by atoms with Crippen LogP contribution in [0, 0.1) is 6.92 Å². The Labute approximate surface area is 326 Å². The number of hydrogen-bond acceptors (Lipinski definition) is 9. The first-order valence-corrected chi connectivity index (χ1v) is 22.6. The van der Waals surface area contributed by atoms with Crippen molar-refractivity contribution < 1.29 is 23.8 Å². The zero-order valence-electron chi connectivity index (χ0n) is 31.8. The van der Waals surface area contributed by atoms with Gasteiger partial charge in [0.1, 0.15) is 5.15 Å². The summed E-state index contributed by atoms with van der Waals surface area (Å²) < 4.78 is 17.3. The number of hydrogen-bond donors (Lipinski definition) is 2. The van der Waals surface area contributed by atoms with Crippen molar-refractivity contribution in [2.45, 2.75) is 87.3 Å². The number of amidine groups is 1. The molecule has 11 nitrogen and oxygen atoms in total. The summed E-state index contributed by atoms with van der Waals surface area (Å²) in [6.45, 7) is 16.1. The molecule has 0 saturated carbocycles. The van der Waals surface area contributed by atoms with E-state index in [1.54, 1.807) is 18.9 Å². The Morgan fingerprint density at radius 1 is 1.02 bits per heavy atom. The van der Waals surface area contributed by atoms with Crippen LogP contribution in [0.25, 0.3) is 11.1 Å². The first kappa shape index (κ1) is 46.1. The summed E-state index contributed by atoms with van der Waals surface area (Å²) >= 11 is 5.22. The van der Waals surface area contributed by atoms with E-state index < -0.39 is 37.2 Å². The molecule has 0 unspecified atom stereocenters. The predicted octanol–water partition coefficient (Wildman–Crippen LogP) is 7.42. The monoisotopic (exact) mass is 930 g/mol. The van der Waals surface area contributed by atoms with Crippen molar-refractivity contribution in [3.63, 3.8) is 0 Å². The molecule has 4 N–H and O–H groups in total. The molecule has 0 amide bonds. The van der Waals surface area contributed by atoms with Gasteiger partial charge in [-0.3, -0.25) is 4.79 Å². The summed E-state index contributed by atoms with van der Waals surface area (Å²) in [7, 11) is 0. The van der Waals surface area contributed by atoms with Gasteiger partial charge in [0.15, 0.2) is 0 Å². The summed E-state index contributed by atoms with van der Waals surface area (Å²) in [5.74, 6) is 14.0. The molecule has 0 bridgehead atoms. The molecule has 0 aliphatic heterocycles. The molecule has 0 atom stereocenters. The van der Waals surface area contributed by atoms with Crippen LogP contribution in [0.15, 0.2) is 84.0 Å². The summed E-state index contributed by atoms with van der Waals surface area (Å²) in [6.07, 6.45) is 2.07. The van der Waals surface area contributed by atoms with Crippen LogP contribution >= 0.6 is 11.6 Å². The number of aromatic nitrogens is 2. The summed E-state index contributed by atoms with van der Waals surface area (Å²) in [5, 5.41) is 6.41. The Balaban J connectivity index is 0.000000767. The molecule has 52 heavy (non-hydrogen) atoms. The van der Waals surface area contributed by atoms with Gasteiger partial charge >= 0.3 is 189 Å². The topological polar surface area (TPSA) is 147 Å². The Kier molecular flexibility index (Phi) is 23.7. The van der Waals surface area contributed by atoms with Gasteiger partial charge in [-0.2, -0.15) is 0 Å². The van der Waals surface area contributed by atoms with Crippen molar-refractivity contribution in [3.8, 4) is 11.1 Å². The van der Waals surface area contributed by atoms with E-state index in [0.29, 0.717) is 11.0 Å². The molecule has 3 aromatic carbocycles. The van der Waals surface area contributed by atoms with Gasteiger partial charge in [-0.05, 0) is 27.2 Å². The number of unbranched alkanes of at least 4 members (excludes halogenated alkanes) is 1. The average molecular weight is 931 g/mol. The van der Waals surface area contributed by atoms with Gasteiger partial charge in [0, 0.05) is 6.42 Å². The van der Waals surface area contributed by atoms with Crippen LogP contribution in [-0.4, -0.2) is 74.3 Å². The summed E-state index contributed by atoms with van der Waals surface area (Å²) in [6, 6.07) is 27.3. The normalized spacial score (nSPS) is 10.4. The molecule has 0 aliphatic rings. The molecule has 2 radical (unpaired) electrons. The number of ether oxygens (including phenoxy) is 3. The minimum atomic E-state index is -1.14. The molecule has 282 valence electrons. The standard InChI is InChI=1S/C23H28ClN6.C6H10O5.C6H5.2C2H6.Pb/c1-4-5-10-21-27-22(24)16(2)30(21)15-17-11-13-18(14-12-17)19-8-6-7-9-20(19)23(28-25)29(3)26;1-5(2)11-6(8)10-4-9-3-7;1-2-4-6-5-3-1;2*1-2;/h6-9,11-14H,3-5,10,15,25-26H2,1-2H3;3,5H,4H2,1-2H3;1-5H;2*1-2H3;/b28-23-;;;;;. The Hall–Kier alpha value is -3.95. The molecule has 4 aromatic rings. The van der Waals surface area contributed by atoms with Crippen molar-refractivity contribution in [2.75, 3.05) is 10.9 Å². The quantitative estimate of drug-likeness (QED) is 0.0152. The van der Waals surface area contributed by atoms with Gasteiger partial charge < -0.3 is 14.2 Å². The Morgan fingerprint density at radius 2 is 1.65 bits per heavy atom. The van der Waals surface area contributed by atoms with E-state index in [2.05, 4.69) is 90.4 Å². The van der Waals surface area contributed by atoms with Crippen molar-refractivity contribution >= 4 is 57.4 Å². The van der Waals surface area contributed by atoms with Gasteiger partial charge in [0.25, 0.3) is 6.47 Å². The number of benzene rings is 3. The molecule has 0 aliphatic carbocycles. The van der Waals surface area contributed by atoms with Crippen molar-refractivity contribution in [1.82, 2.24) is 14.6 Å². The number of aryl methyl sites for hydroxylation is 1. The number of nitrogens with two attached hydrogens (primary N) is 2. The fourth-order valence-corrected chi connectivity index (χ4v) is 8.46. The second-order valence-electron chi connectivity index (χ2n) is 10.9. The van der Waals surface area contributed by atoms with Crippen LogP contribution in [0.5, 0.6) is 0 Å². The van der Waals surface area contributed by atoms with Crippen LogP contribution < -0.4 is 14.8 Å². The SMILES string of the molecule is CC.CC.CC(C)OC(=O)OCOC=O.CCCCc1nc(Cl)c(C)n1Cc1ccc(-c2ccccc2/C(=N/N)N(N)[CH2][Pb][c]2ccccc2)cc1. The van der Waals surface area contributed by atoms with Gasteiger partial charge in [0.05, 0.1) is 6.10 Å². The summed E-state index contributed by atoms with van der Waals surface area (Å²) in [4.78, 5) is 24.6. The zero-order chi connectivity index (χ0) is 38.9. The number of imidazole rings is 1. The van der Waals surface area contributed by atoms with Gasteiger partial charge in [-0.15, -0.1) is 0 Å². The third kappa shape index (κ3) is 15.7. The third-order valence-corrected chi connectivity index (χ3v) is 12.2. The first-order valence-electron chi connectivity index (χ1n) is 17.6. The second kappa shape index (κ2) is 26.8. The van der Waals surface area contributed by atoms with Crippen molar-refractivity contribution in [2.24, 2.45) is 16.8 Å². The van der Waals surface area contributed by atoms with Crippen LogP contribution in [0.3, 0.4) is 0 Å². The molecule has 1 heterocycles. The minimum absolute atomic E-state index is 0.183. The van der Waals surface area contributed by atoms with E-state index >= 15 is 0 Å². The van der Waals surface area contributed by atoms with E-state index in [1.165, 1.54) is 8.69 Å². The number of halogens is 1. The second-order valence-corrected chi connectivity index (χ2v) is 16.1. The van der Waals surface area contributed by atoms with Crippen LogP contribution in [0.4, 0.5) is 4.79 Å². The number of carbonyl (C=O) groups excluding carboxylic acids is 2. The Morgan fingerprint density at radius 3 is 2.25 bits per heavy atom. The van der Waals surface area contributed by atoms with Crippen LogP contribution in [-0.2, 0) is 32.0 Å². The van der Waals surface area contributed by atoms with E-state index in [1.807, 2.05) is 58.9 Å². The molecule has 1 aromatic heterocycles. The molecule has 0 fully saturated rings. The van der Waals surface area contributed by atoms with Gasteiger partial charge in [0.2, 0.25) is 6.79 Å². The number of hydrazine groups is 1. The number of hydrazone groups is 1. The van der Waals surface area contributed by atoms with Crippen LogP contribution in [0.1, 0.15) is 84.0 Å². The first-order chi connectivity index (χ1) is 25.2. The van der Waals surface area contributed by atoms with E-state index in [0.717, 1.165) is 58.1 Å². The van der Waals surface area contributed by atoms with Crippen molar-refractivity contribution in [1.29, 1.82) is 0 Å². The van der Waals surface area contributed by atoms with E-state index in [9.17, 15) is 9.59 Å². The molecular formula is C39H55ClN6O5Pb. The maximum absolute atomic E-state index is 10.5. The summed E-state index contributed by atoms with van der Waals surface area (Å²) in [5.41, 5.74) is 5.27. The maximum atomic E-state index is 10.5. The molecular weight excluding hydrogens is 875 g/mol. The van der Waals surface area contributed by atoms with E-state index in [4.69, 9.17) is 23.3 Å². The number of carbonyl (C=O) groups is 2. The van der Waals surface area contributed by atoms with Crippen molar-refractivity contribution in [3.05, 3.63) is 107 Å². The molecule has 0 spiro atoms. The van der Waals surface area contributed by atoms with E-state index in [-0.39, 0.29) is 12.6 Å². The molecule has 4 rings (SSSR count). The predicted molar refractivity (Wildman–Crippen MR) is 212 cm³/mol.